The number of thioether (sulfide) groups is 1. The number of hydrogen-bond acceptors (Lipinski definition) is 4. The summed E-state index contributed by atoms with van der Waals surface area (Å²) in [4.78, 5) is 30.1. The molecule has 1 aromatic heterocycles. The first-order valence-electron chi connectivity index (χ1n) is 8.21. The van der Waals surface area contributed by atoms with Crippen LogP contribution in [0.25, 0.3) is 11.0 Å². The smallest absolute Gasteiger partial charge is 0.253 e. The molecule has 0 aliphatic carbocycles. The fraction of sp³-hybridized carbons (Fsp3) is 0.211. The molecule has 0 fully saturated rings. The molecule has 6 nitrogen and oxygen atoms in total. The van der Waals surface area contributed by atoms with Gasteiger partial charge in [-0.1, -0.05) is 23.4 Å². The first kappa shape index (κ1) is 19.3. The molecule has 1 N–H and O–H groups in total. The first-order valence-corrected chi connectivity index (χ1v) is 9.58. The molecule has 2 amide bonds. The zero-order chi connectivity index (χ0) is 19.6. The van der Waals surface area contributed by atoms with Crippen LogP contribution < -0.4 is 5.32 Å². The highest BCUT2D eigenvalue weighted by atomic mass is 35.5. The number of halogens is 1. The van der Waals surface area contributed by atoms with Crippen molar-refractivity contribution < 1.29 is 9.59 Å². The summed E-state index contributed by atoms with van der Waals surface area (Å²) in [7, 11) is 5.30. The molecule has 2 aromatic carbocycles. The number of carbonyl (C=O) groups is 2. The second-order valence-electron chi connectivity index (χ2n) is 6.20. The van der Waals surface area contributed by atoms with Crippen LogP contribution >= 0.6 is 23.4 Å². The molecule has 0 atom stereocenters. The molecule has 0 aliphatic rings. The van der Waals surface area contributed by atoms with E-state index in [9.17, 15) is 9.59 Å². The van der Waals surface area contributed by atoms with Crippen molar-refractivity contribution in [2.75, 3.05) is 25.2 Å². The average molecular weight is 403 g/mol. The Morgan fingerprint density at radius 2 is 1.89 bits per heavy atom. The Balaban J connectivity index is 1.61. The molecule has 0 saturated heterocycles. The number of nitrogens with zero attached hydrogens (tertiary/aromatic N) is 3. The van der Waals surface area contributed by atoms with E-state index in [0.29, 0.717) is 16.3 Å². The SMILES string of the molecule is CN(C)C(=O)c1ccc(NC(=O)CSc2nc3cc(Cl)ccc3n2C)cc1. The molecule has 0 spiro atoms. The Bertz CT molecular complexity index is 999. The van der Waals surface area contributed by atoms with Gasteiger partial charge in [-0.25, -0.2) is 4.98 Å². The average Bonchev–Trinajstić information content (AvgIpc) is 2.95. The molecular formula is C19H19ClN4O2S. The number of carbonyl (C=O) groups excluding carboxylic acids is 2. The molecule has 0 bridgehead atoms. The van der Waals surface area contributed by atoms with Crippen LogP contribution in [0, 0.1) is 0 Å². The summed E-state index contributed by atoms with van der Waals surface area (Å²) in [6.45, 7) is 0. The number of hydrogen-bond donors (Lipinski definition) is 1. The van der Waals surface area contributed by atoms with E-state index in [1.165, 1.54) is 16.7 Å². The zero-order valence-corrected chi connectivity index (χ0v) is 16.8. The maximum Gasteiger partial charge on any atom is 0.253 e. The molecular weight excluding hydrogens is 384 g/mol. The molecule has 0 unspecified atom stereocenters. The minimum Gasteiger partial charge on any atom is -0.345 e. The lowest BCUT2D eigenvalue weighted by atomic mass is 10.2. The third kappa shape index (κ3) is 4.43. The Kier molecular flexibility index (Phi) is 5.72. The third-order valence-corrected chi connectivity index (χ3v) is 5.22. The minimum atomic E-state index is -0.142. The van der Waals surface area contributed by atoms with Crippen molar-refractivity contribution in [3.8, 4) is 0 Å². The van der Waals surface area contributed by atoms with Crippen LogP contribution in [-0.4, -0.2) is 46.1 Å². The molecule has 3 aromatic rings. The molecule has 0 saturated carbocycles. The third-order valence-electron chi connectivity index (χ3n) is 3.96. The topological polar surface area (TPSA) is 67.2 Å². The van der Waals surface area contributed by atoms with Crippen LogP contribution in [0.3, 0.4) is 0 Å². The van der Waals surface area contributed by atoms with Gasteiger partial charge in [0.05, 0.1) is 16.8 Å². The van der Waals surface area contributed by atoms with Gasteiger partial charge in [0, 0.05) is 37.4 Å². The van der Waals surface area contributed by atoms with Gasteiger partial charge in [0.2, 0.25) is 5.91 Å². The number of anilines is 1. The maximum atomic E-state index is 12.2. The van der Waals surface area contributed by atoms with Crippen molar-refractivity contribution in [2.24, 2.45) is 7.05 Å². The van der Waals surface area contributed by atoms with Gasteiger partial charge in [0.15, 0.2) is 5.16 Å². The van der Waals surface area contributed by atoms with Crippen LogP contribution in [0.4, 0.5) is 5.69 Å². The van der Waals surface area contributed by atoms with Crippen LogP contribution in [0.1, 0.15) is 10.4 Å². The monoisotopic (exact) mass is 402 g/mol. The predicted molar refractivity (Wildman–Crippen MR) is 110 cm³/mol. The molecule has 140 valence electrons. The van der Waals surface area contributed by atoms with E-state index in [2.05, 4.69) is 10.3 Å². The van der Waals surface area contributed by atoms with E-state index >= 15 is 0 Å². The van der Waals surface area contributed by atoms with Crippen molar-refractivity contribution in [1.82, 2.24) is 14.5 Å². The quantitative estimate of drug-likeness (QED) is 0.661. The number of aromatic nitrogens is 2. The molecule has 1 heterocycles. The molecule has 0 radical (unpaired) electrons. The summed E-state index contributed by atoms with van der Waals surface area (Å²) in [6.07, 6.45) is 0. The molecule has 27 heavy (non-hydrogen) atoms. The van der Waals surface area contributed by atoms with Gasteiger partial charge in [-0.3, -0.25) is 9.59 Å². The van der Waals surface area contributed by atoms with E-state index in [0.717, 1.165) is 16.2 Å². The fourth-order valence-electron chi connectivity index (χ4n) is 2.56. The summed E-state index contributed by atoms with van der Waals surface area (Å²) in [5.74, 6) is 0.00525. The normalized spacial score (nSPS) is 10.8. The Labute approximate surface area is 166 Å². The minimum absolute atomic E-state index is 0.0783. The number of aryl methyl sites for hydroxylation is 1. The van der Waals surface area contributed by atoms with Crippen molar-refractivity contribution in [1.29, 1.82) is 0 Å². The van der Waals surface area contributed by atoms with E-state index < -0.39 is 0 Å². The predicted octanol–water partition coefficient (Wildman–Crippen LogP) is 3.66. The van der Waals surface area contributed by atoms with E-state index in [4.69, 9.17) is 11.6 Å². The van der Waals surface area contributed by atoms with Crippen molar-refractivity contribution in [3.63, 3.8) is 0 Å². The summed E-state index contributed by atoms with van der Waals surface area (Å²) < 4.78 is 1.94. The lowest BCUT2D eigenvalue weighted by Gasteiger charge is -2.11. The van der Waals surface area contributed by atoms with Crippen molar-refractivity contribution in [2.45, 2.75) is 5.16 Å². The van der Waals surface area contributed by atoms with Crippen LogP contribution in [0.15, 0.2) is 47.6 Å². The second-order valence-corrected chi connectivity index (χ2v) is 7.58. The van der Waals surface area contributed by atoms with Gasteiger partial charge in [0.1, 0.15) is 0 Å². The summed E-state index contributed by atoms with van der Waals surface area (Å²) in [6, 6.07) is 12.4. The van der Waals surface area contributed by atoms with Gasteiger partial charge in [-0.15, -0.1) is 0 Å². The first-order chi connectivity index (χ1) is 12.8. The molecule has 8 heteroatoms. The van der Waals surface area contributed by atoms with E-state index in [-0.39, 0.29) is 17.6 Å². The van der Waals surface area contributed by atoms with Gasteiger partial charge >= 0.3 is 0 Å². The summed E-state index contributed by atoms with van der Waals surface area (Å²) in [5.41, 5.74) is 2.98. The number of fused-ring (bicyclic) bond motifs is 1. The Morgan fingerprint density at radius 1 is 1.19 bits per heavy atom. The van der Waals surface area contributed by atoms with E-state index in [1.807, 2.05) is 23.7 Å². The standard InChI is InChI=1S/C19H19ClN4O2S/c1-23(2)18(26)12-4-7-14(8-5-12)21-17(25)11-27-19-22-15-10-13(20)6-9-16(15)24(19)3/h4-10H,11H2,1-3H3,(H,21,25). The number of rotatable bonds is 5. The molecule has 3 rings (SSSR count). The second kappa shape index (κ2) is 8.02. The van der Waals surface area contributed by atoms with Gasteiger partial charge < -0.3 is 14.8 Å². The van der Waals surface area contributed by atoms with Crippen LogP contribution in [0.5, 0.6) is 0 Å². The highest BCUT2D eigenvalue weighted by Gasteiger charge is 2.12. The fourth-order valence-corrected chi connectivity index (χ4v) is 3.52. The zero-order valence-electron chi connectivity index (χ0n) is 15.2. The summed E-state index contributed by atoms with van der Waals surface area (Å²) >= 11 is 7.36. The Hall–Kier alpha value is -2.51. The van der Waals surface area contributed by atoms with Gasteiger partial charge in [0.25, 0.3) is 5.91 Å². The number of amides is 2. The lowest BCUT2D eigenvalue weighted by Crippen LogP contribution is -2.21. The van der Waals surface area contributed by atoms with Gasteiger partial charge in [-0.2, -0.15) is 0 Å². The van der Waals surface area contributed by atoms with Crippen LogP contribution in [-0.2, 0) is 11.8 Å². The lowest BCUT2D eigenvalue weighted by molar-refractivity contribution is -0.113. The maximum absolute atomic E-state index is 12.2. The van der Waals surface area contributed by atoms with Crippen molar-refractivity contribution in [3.05, 3.63) is 53.1 Å². The largest absolute Gasteiger partial charge is 0.345 e. The number of nitrogens with one attached hydrogen (secondary N) is 1. The summed E-state index contributed by atoms with van der Waals surface area (Å²) in [5, 5.41) is 4.20. The van der Waals surface area contributed by atoms with E-state index in [1.54, 1.807) is 44.4 Å². The molecule has 0 aliphatic heterocycles. The number of imidazole rings is 1. The van der Waals surface area contributed by atoms with Crippen molar-refractivity contribution >= 4 is 51.9 Å². The highest BCUT2D eigenvalue weighted by molar-refractivity contribution is 7.99. The van der Waals surface area contributed by atoms with Crippen LogP contribution in [0.2, 0.25) is 5.02 Å². The number of benzene rings is 2. The Morgan fingerprint density at radius 3 is 2.56 bits per heavy atom. The highest BCUT2D eigenvalue weighted by Crippen LogP contribution is 2.25. The van der Waals surface area contributed by atoms with Gasteiger partial charge in [-0.05, 0) is 42.5 Å².